The number of nitrogens with one attached hydrogen (secondary N) is 1. The summed E-state index contributed by atoms with van der Waals surface area (Å²) in [4.78, 5) is 38.7. The molecule has 7 heteroatoms. The van der Waals surface area contributed by atoms with Gasteiger partial charge in [-0.05, 0) is 41.5 Å². The Hall–Kier alpha value is -3.35. The Labute approximate surface area is 194 Å². The van der Waals surface area contributed by atoms with E-state index in [1.807, 2.05) is 36.4 Å². The summed E-state index contributed by atoms with van der Waals surface area (Å²) in [5.74, 6) is -1.73. The van der Waals surface area contributed by atoms with Crippen LogP contribution in [0.5, 0.6) is 0 Å². The molecule has 0 aliphatic heterocycles. The van der Waals surface area contributed by atoms with Crippen molar-refractivity contribution in [2.75, 3.05) is 13.7 Å². The number of hydrogen-bond acceptors (Lipinski definition) is 4. The van der Waals surface area contributed by atoms with E-state index >= 15 is 0 Å². The molecule has 2 amide bonds. The van der Waals surface area contributed by atoms with E-state index in [0.29, 0.717) is 0 Å². The van der Waals surface area contributed by atoms with Crippen LogP contribution in [0.4, 0.5) is 4.79 Å². The molecule has 0 aromatic heterocycles. The molecule has 176 valence electrons. The summed E-state index contributed by atoms with van der Waals surface area (Å²) in [5, 5.41) is 12.2. The van der Waals surface area contributed by atoms with E-state index in [-0.39, 0.29) is 12.5 Å². The van der Waals surface area contributed by atoms with Gasteiger partial charge in [0, 0.05) is 13.0 Å². The summed E-state index contributed by atoms with van der Waals surface area (Å²) in [6.07, 6.45) is -0.716. The highest BCUT2D eigenvalue weighted by atomic mass is 16.5. The lowest BCUT2D eigenvalue weighted by molar-refractivity contribution is -0.157. The molecular formula is C26H32N2O5. The molecule has 3 rings (SSSR count). The van der Waals surface area contributed by atoms with Gasteiger partial charge in [0.05, 0.1) is 0 Å². The van der Waals surface area contributed by atoms with Crippen LogP contribution in [0.2, 0.25) is 0 Å². The first kappa shape index (κ1) is 24.3. The lowest BCUT2D eigenvalue weighted by atomic mass is 9.85. The molecule has 1 atom stereocenters. The summed E-state index contributed by atoms with van der Waals surface area (Å²) < 4.78 is 5.59. The van der Waals surface area contributed by atoms with Crippen LogP contribution in [0.25, 0.3) is 11.1 Å². The molecule has 33 heavy (non-hydrogen) atoms. The van der Waals surface area contributed by atoms with E-state index in [9.17, 15) is 19.5 Å². The Morgan fingerprint density at radius 3 is 1.91 bits per heavy atom. The predicted octanol–water partition coefficient (Wildman–Crippen LogP) is 4.26. The lowest BCUT2D eigenvalue weighted by Gasteiger charge is -2.38. The molecule has 2 aromatic carbocycles. The minimum absolute atomic E-state index is 0.0967. The van der Waals surface area contributed by atoms with Gasteiger partial charge in [-0.3, -0.25) is 4.79 Å². The fourth-order valence-electron chi connectivity index (χ4n) is 4.02. The van der Waals surface area contributed by atoms with Crippen molar-refractivity contribution < 1.29 is 24.2 Å². The number of fused-ring (bicyclic) bond motifs is 3. The Kier molecular flexibility index (Phi) is 6.54. The third-order valence-electron chi connectivity index (χ3n) is 6.41. The van der Waals surface area contributed by atoms with Crippen molar-refractivity contribution >= 4 is 18.0 Å². The van der Waals surface area contributed by atoms with Crippen molar-refractivity contribution in [1.29, 1.82) is 0 Å². The first-order valence-electron chi connectivity index (χ1n) is 11.0. The van der Waals surface area contributed by atoms with Crippen LogP contribution in [0.3, 0.4) is 0 Å². The molecule has 2 aromatic rings. The topological polar surface area (TPSA) is 95.9 Å². The van der Waals surface area contributed by atoms with Crippen molar-refractivity contribution in [3.63, 3.8) is 0 Å². The van der Waals surface area contributed by atoms with Gasteiger partial charge >= 0.3 is 12.1 Å². The van der Waals surface area contributed by atoms with Crippen LogP contribution < -0.4 is 5.32 Å². The van der Waals surface area contributed by atoms with Gasteiger partial charge in [-0.2, -0.15) is 0 Å². The number of likely N-dealkylation sites (N-methyl/N-ethyl adjacent to an activating group) is 1. The average Bonchev–Trinajstić information content (AvgIpc) is 3.08. The lowest BCUT2D eigenvalue weighted by Crippen LogP contribution is -2.60. The zero-order valence-electron chi connectivity index (χ0n) is 20.0. The number of alkyl carbamates (subject to hydrolysis) is 1. The third kappa shape index (κ3) is 4.72. The summed E-state index contributed by atoms with van der Waals surface area (Å²) >= 11 is 0. The van der Waals surface area contributed by atoms with Gasteiger partial charge in [-0.1, -0.05) is 69.3 Å². The molecule has 1 aliphatic carbocycles. The summed E-state index contributed by atoms with van der Waals surface area (Å²) in [6, 6.07) is 15.1. The van der Waals surface area contributed by atoms with Gasteiger partial charge in [0.1, 0.15) is 18.2 Å². The quantitative estimate of drug-likeness (QED) is 0.683. The molecule has 0 bridgehead atoms. The van der Waals surface area contributed by atoms with Crippen molar-refractivity contribution in [3.05, 3.63) is 59.7 Å². The molecule has 0 heterocycles. The van der Waals surface area contributed by atoms with Crippen molar-refractivity contribution in [1.82, 2.24) is 10.2 Å². The minimum Gasteiger partial charge on any atom is -0.480 e. The Morgan fingerprint density at radius 2 is 1.45 bits per heavy atom. The SMILES string of the molecule is CN(C(=O)C(NC(=O)OCC1c2ccccc2-c2ccccc21)C(C)(C)C)C(C)(C)C(=O)O. The maximum absolute atomic E-state index is 13.2. The number of hydrogen-bond donors (Lipinski definition) is 2. The summed E-state index contributed by atoms with van der Waals surface area (Å²) in [7, 11) is 1.43. The molecule has 1 aliphatic rings. The molecule has 0 spiro atoms. The Bertz CT molecular complexity index is 1020. The van der Waals surface area contributed by atoms with Crippen molar-refractivity contribution in [2.24, 2.45) is 5.41 Å². The van der Waals surface area contributed by atoms with Gasteiger partial charge in [-0.15, -0.1) is 0 Å². The second-order valence-electron chi connectivity index (χ2n) is 10.0. The number of amides is 2. The number of aliphatic carboxylic acids is 1. The van der Waals surface area contributed by atoms with Crippen molar-refractivity contribution in [3.8, 4) is 11.1 Å². The van der Waals surface area contributed by atoms with Gasteiger partial charge in [0.2, 0.25) is 5.91 Å². The number of carbonyl (C=O) groups is 3. The maximum atomic E-state index is 13.2. The van der Waals surface area contributed by atoms with Gasteiger partial charge in [0.25, 0.3) is 0 Å². The van der Waals surface area contributed by atoms with E-state index in [2.05, 4.69) is 17.4 Å². The van der Waals surface area contributed by atoms with E-state index in [0.717, 1.165) is 27.2 Å². The number of rotatable bonds is 6. The maximum Gasteiger partial charge on any atom is 0.407 e. The normalized spacial score (nSPS) is 14.1. The number of carbonyl (C=O) groups excluding carboxylic acids is 2. The van der Waals surface area contributed by atoms with Crippen molar-refractivity contribution in [2.45, 2.75) is 52.1 Å². The van der Waals surface area contributed by atoms with Gasteiger partial charge in [0.15, 0.2) is 0 Å². The molecule has 1 unspecified atom stereocenters. The van der Waals surface area contributed by atoms with Crippen LogP contribution in [0.15, 0.2) is 48.5 Å². The van der Waals surface area contributed by atoms with Gasteiger partial charge in [-0.25, -0.2) is 9.59 Å². The van der Waals surface area contributed by atoms with Gasteiger partial charge < -0.3 is 20.1 Å². The smallest absolute Gasteiger partial charge is 0.407 e. The molecule has 7 nitrogen and oxygen atoms in total. The summed E-state index contributed by atoms with van der Waals surface area (Å²) in [6.45, 7) is 8.44. The third-order valence-corrected chi connectivity index (χ3v) is 6.41. The number of benzene rings is 2. The van der Waals surface area contributed by atoms with Crippen LogP contribution in [-0.2, 0) is 14.3 Å². The van der Waals surface area contributed by atoms with E-state index < -0.39 is 35.0 Å². The first-order chi connectivity index (χ1) is 15.4. The molecular weight excluding hydrogens is 420 g/mol. The van der Waals surface area contributed by atoms with E-state index in [1.54, 1.807) is 20.8 Å². The zero-order valence-corrected chi connectivity index (χ0v) is 20.0. The second-order valence-corrected chi connectivity index (χ2v) is 10.0. The minimum atomic E-state index is -1.43. The predicted molar refractivity (Wildman–Crippen MR) is 126 cm³/mol. The van der Waals surface area contributed by atoms with Crippen LogP contribution in [-0.4, -0.2) is 53.2 Å². The molecule has 0 saturated carbocycles. The average molecular weight is 453 g/mol. The highest BCUT2D eigenvalue weighted by Gasteiger charge is 2.42. The highest BCUT2D eigenvalue weighted by molar-refractivity contribution is 5.91. The number of ether oxygens (including phenoxy) is 1. The van der Waals surface area contributed by atoms with E-state index in [4.69, 9.17) is 4.74 Å². The molecule has 0 fully saturated rings. The van der Waals surface area contributed by atoms with Crippen LogP contribution in [0, 0.1) is 5.41 Å². The van der Waals surface area contributed by atoms with Crippen LogP contribution >= 0.6 is 0 Å². The number of carboxylic acid groups (broad SMARTS) is 1. The fourth-order valence-corrected chi connectivity index (χ4v) is 4.02. The fraction of sp³-hybridized carbons (Fsp3) is 0.423. The Morgan fingerprint density at radius 1 is 0.970 bits per heavy atom. The number of nitrogens with zero attached hydrogens (tertiary/aromatic N) is 1. The number of carboxylic acids is 1. The van der Waals surface area contributed by atoms with E-state index in [1.165, 1.54) is 20.9 Å². The first-order valence-corrected chi connectivity index (χ1v) is 11.0. The molecule has 2 N–H and O–H groups in total. The molecule has 0 radical (unpaired) electrons. The van der Waals surface area contributed by atoms with Crippen LogP contribution in [0.1, 0.15) is 51.7 Å². The zero-order chi connectivity index (χ0) is 24.6. The summed E-state index contributed by atoms with van der Waals surface area (Å²) in [5.41, 5.74) is 2.36. The molecule has 0 saturated heterocycles. The largest absolute Gasteiger partial charge is 0.480 e. The Balaban J connectivity index is 1.75. The highest BCUT2D eigenvalue weighted by Crippen LogP contribution is 2.44. The monoisotopic (exact) mass is 452 g/mol. The second kappa shape index (κ2) is 8.89. The standard InChI is InChI=1S/C26H32N2O5/c1-25(2,3)21(22(29)28(6)26(4,5)23(30)31)27-24(32)33-15-20-18-13-9-7-11-16(18)17-12-8-10-14-19(17)20/h7-14,20-21H,15H2,1-6H3,(H,27,32)(H,30,31).